The summed E-state index contributed by atoms with van der Waals surface area (Å²) >= 11 is 0. The van der Waals surface area contributed by atoms with E-state index < -0.39 is 66.0 Å². The van der Waals surface area contributed by atoms with Crippen molar-refractivity contribution in [2.24, 2.45) is 0 Å². The van der Waals surface area contributed by atoms with Gasteiger partial charge in [0.2, 0.25) is 0 Å². The molecule has 0 aliphatic rings. The fourth-order valence-corrected chi connectivity index (χ4v) is 9.60. The predicted molar refractivity (Wildman–Crippen MR) is 265 cm³/mol. The molecule has 2 heterocycles. The molecule has 0 aliphatic carbocycles. The molecule has 2 atom stereocenters. The van der Waals surface area contributed by atoms with Gasteiger partial charge in [-0.25, -0.2) is 0 Å². The Morgan fingerprint density at radius 3 is 1.24 bits per heavy atom. The lowest BCUT2D eigenvalue weighted by Gasteiger charge is -2.36. The summed E-state index contributed by atoms with van der Waals surface area (Å²) in [6.45, 7) is 24.9. The molecule has 0 aliphatic heterocycles. The van der Waals surface area contributed by atoms with E-state index in [9.17, 15) is 23.7 Å². The zero-order valence-corrected chi connectivity index (χ0v) is 43.9. The summed E-state index contributed by atoms with van der Waals surface area (Å²) in [7, 11) is -3.78. The quantitative estimate of drug-likeness (QED) is 0.0387. The summed E-state index contributed by atoms with van der Waals surface area (Å²) in [5.41, 5.74) is 0.145. The summed E-state index contributed by atoms with van der Waals surface area (Å²) in [5.74, 6) is -2.17. The number of para-hydroxylation sites is 2. The molecule has 4 rings (SSSR count). The summed E-state index contributed by atoms with van der Waals surface area (Å²) in [4.78, 5) is 68.3. The van der Waals surface area contributed by atoms with E-state index in [-0.39, 0.29) is 71.6 Å². The molecule has 0 bridgehead atoms. The Morgan fingerprint density at radius 2 is 0.897 bits per heavy atom. The van der Waals surface area contributed by atoms with Crippen LogP contribution in [0.4, 0.5) is 0 Å². The molecule has 2 aromatic heterocycles. The normalized spacial score (nSPS) is 13.9. The molecule has 0 spiro atoms. The van der Waals surface area contributed by atoms with Crippen molar-refractivity contribution in [1.82, 2.24) is 24.7 Å². The van der Waals surface area contributed by atoms with Crippen LogP contribution in [0.15, 0.2) is 60.9 Å². The molecule has 0 unspecified atom stereocenters. The number of aromatic nitrogens is 2. The maximum Gasteiger partial charge on any atom is 0.344 e. The molecule has 0 saturated carbocycles. The number of nitrogens with one attached hydrogen (secondary N) is 2. The number of hydrogen-bond acceptors (Lipinski definition) is 14. The Labute approximate surface area is 403 Å². The number of carbonyl (C=O) groups is 4. The largest absolute Gasteiger partial charge is 0.459 e. The molecule has 0 radical (unpaired) electrons. The molecule has 4 aromatic rings. The minimum atomic E-state index is -3.78. The monoisotopic (exact) mass is 968 g/mol. The van der Waals surface area contributed by atoms with Crippen LogP contribution < -0.4 is 0 Å². The number of ether oxygens (including phenoxy) is 4. The minimum Gasteiger partial charge on any atom is -0.459 e. The smallest absolute Gasteiger partial charge is 0.344 e. The Hall–Kier alpha value is -4.57. The van der Waals surface area contributed by atoms with E-state index in [2.05, 4.69) is 9.97 Å². The number of nitrogens with zero attached hydrogens (tertiary/aromatic N) is 3. The highest BCUT2D eigenvalue weighted by Gasteiger charge is 2.37. The van der Waals surface area contributed by atoms with E-state index in [1.165, 1.54) is 0 Å². The number of hydrogen-bond donors (Lipinski definition) is 2. The van der Waals surface area contributed by atoms with Crippen LogP contribution in [-0.2, 0) is 64.6 Å². The second kappa shape index (κ2) is 23.8. The van der Waals surface area contributed by atoms with Gasteiger partial charge in [-0.1, -0.05) is 36.4 Å². The SMILES string of the molecule is CCOP(=O)(CN(CCN(CC(=O)OC(C)(C)C)[C@@H](Cc1c[nH]c2ccccc12)C(=O)OC(C)(C)C)CCN(CC(=O)OC(C)(C)C)[C@@H](Cc1c[nH]c2ccccc12)C(=O)OC(C)(C)C)OCC. The highest BCUT2D eigenvalue weighted by atomic mass is 31.2. The molecular formula is C51H78N5O11P. The standard InChI is InChI=1S/C51H78N5O11P/c1-15-62-68(61,63-16-2)35-54(25-27-55(33-44(57)64-48(3,4)5)42(46(59)66-50(9,10)11)29-36-31-52-40-23-19-17-21-38(36)40)26-28-56(34-45(58)65-49(6,7)8)43(47(60)67-51(12,13)14)30-37-32-53-41-24-20-18-22-39(37)41/h17-24,31-32,42-43,52-53H,15-16,25-30,33-35H2,1-14H3/t42-,43-/m0/s1. The zero-order chi connectivity index (χ0) is 50.7. The lowest BCUT2D eigenvalue weighted by molar-refractivity contribution is -0.166. The fraction of sp³-hybridized carbons (Fsp3) is 0.608. The number of esters is 4. The number of fused-ring (bicyclic) bond motifs is 2. The number of rotatable bonds is 24. The van der Waals surface area contributed by atoms with Gasteiger partial charge < -0.3 is 38.0 Å². The third-order valence-electron chi connectivity index (χ3n) is 10.4. The van der Waals surface area contributed by atoms with Crippen molar-refractivity contribution in [2.45, 2.75) is 144 Å². The molecule has 0 fully saturated rings. The molecule has 16 nitrogen and oxygen atoms in total. The van der Waals surface area contributed by atoms with Crippen LogP contribution in [0, 0.1) is 0 Å². The van der Waals surface area contributed by atoms with Gasteiger partial charge in [-0.2, -0.15) is 0 Å². The van der Waals surface area contributed by atoms with Gasteiger partial charge in [-0.3, -0.25) is 38.4 Å². The Balaban J connectivity index is 1.81. The second-order valence-electron chi connectivity index (χ2n) is 21.0. The lowest BCUT2D eigenvalue weighted by atomic mass is 10.0. The van der Waals surface area contributed by atoms with Crippen molar-refractivity contribution in [2.75, 3.05) is 58.8 Å². The van der Waals surface area contributed by atoms with Crippen LogP contribution in [0.3, 0.4) is 0 Å². The first-order valence-electron chi connectivity index (χ1n) is 23.7. The van der Waals surface area contributed by atoms with Crippen molar-refractivity contribution in [3.8, 4) is 0 Å². The van der Waals surface area contributed by atoms with Gasteiger partial charge in [0.15, 0.2) is 0 Å². The molecule has 0 amide bonds. The van der Waals surface area contributed by atoms with E-state index in [0.29, 0.717) is 0 Å². The molecule has 68 heavy (non-hydrogen) atoms. The second-order valence-corrected chi connectivity index (χ2v) is 23.1. The van der Waals surface area contributed by atoms with Crippen LogP contribution in [0.2, 0.25) is 0 Å². The average molecular weight is 968 g/mol. The van der Waals surface area contributed by atoms with Crippen molar-refractivity contribution in [1.29, 1.82) is 0 Å². The summed E-state index contributed by atoms with van der Waals surface area (Å²) in [6, 6.07) is 13.6. The van der Waals surface area contributed by atoms with Crippen LogP contribution >= 0.6 is 7.60 Å². The van der Waals surface area contributed by atoms with Crippen LogP contribution in [0.25, 0.3) is 21.8 Å². The van der Waals surface area contributed by atoms with Crippen molar-refractivity contribution < 1.29 is 51.7 Å². The van der Waals surface area contributed by atoms with Gasteiger partial charge in [0, 0.05) is 73.2 Å². The summed E-state index contributed by atoms with van der Waals surface area (Å²) in [5, 5.41) is 1.85. The van der Waals surface area contributed by atoms with Crippen molar-refractivity contribution >= 4 is 53.3 Å². The lowest BCUT2D eigenvalue weighted by Crippen LogP contribution is -2.53. The molecule has 2 N–H and O–H groups in total. The molecule has 0 saturated heterocycles. The highest BCUT2D eigenvalue weighted by Crippen LogP contribution is 2.48. The van der Waals surface area contributed by atoms with E-state index in [1.807, 2.05) is 65.8 Å². The summed E-state index contributed by atoms with van der Waals surface area (Å²) < 4.78 is 49.8. The molecule has 378 valence electrons. The van der Waals surface area contributed by atoms with Crippen molar-refractivity contribution in [3.05, 3.63) is 72.1 Å². The predicted octanol–water partition coefficient (Wildman–Crippen LogP) is 8.67. The highest BCUT2D eigenvalue weighted by molar-refractivity contribution is 7.53. The molecular weight excluding hydrogens is 890 g/mol. The van der Waals surface area contributed by atoms with Crippen LogP contribution in [0.1, 0.15) is 108 Å². The van der Waals surface area contributed by atoms with Crippen LogP contribution in [-0.4, -0.2) is 142 Å². The van der Waals surface area contributed by atoms with E-state index in [4.69, 9.17) is 28.0 Å². The number of H-pyrrole nitrogens is 2. The van der Waals surface area contributed by atoms with E-state index >= 15 is 0 Å². The zero-order valence-electron chi connectivity index (χ0n) is 43.0. The first-order chi connectivity index (χ1) is 31.6. The third-order valence-corrected chi connectivity index (χ3v) is 12.4. The first-order valence-corrected chi connectivity index (χ1v) is 25.4. The Kier molecular flexibility index (Phi) is 19.6. The van der Waals surface area contributed by atoms with Crippen LogP contribution in [0.5, 0.6) is 0 Å². The first kappa shape index (κ1) is 56.0. The number of benzene rings is 2. The number of carbonyl (C=O) groups excluding carboxylic acids is 4. The van der Waals surface area contributed by atoms with Crippen molar-refractivity contribution in [3.63, 3.8) is 0 Å². The van der Waals surface area contributed by atoms with E-state index in [0.717, 1.165) is 32.9 Å². The molecule has 17 heteroatoms. The maximum atomic E-state index is 14.4. The van der Waals surface area contributed by atoms with Gasteiger partial charge in [0.1, 0.15) is 40.8 Å². The fourth-order valence-electron chi connectivity index (χ4n) is 7.80. The Morgan fingerprint density at radius 1 is 0.544 bits per heavy atom. The topological polar surface area (TPSA) is 182 Å². The van der Waals surface area contributed by atoms with Gasteiger partial charge in [-0.15, -0.1) is 0 Å². The third kappa shape index (κ3) is 18.4. The minimum absolute atomic E-state index is 0.0840. The van der Waals surface area contributed by atoms with Gasteiger partial charge >= 0.3 is 31.5 Å². The maximum absolute atomic E-state index is 14.4. The number of aromatic amines is 2. The van der Waals surface area contributed by atoms with E-state index in [1.54, 1.807) is 107 Å². The van der Waals surface area contributed by atoms with Gasteiger partial charge in [0.05, 0.1) is 26.3 Å². The average Bonchev–Trinajstić information content (AvgIpc) is 3.80. The summed E-state index contributed by atoms with van der Waals surface area (Å²) in [6.07, 6.45) is 3.91. The Bertz CT molecular complexity index is 2180. The van der Waals surface area contributed by atoms with Gasteiger partial charge in [0.25, 0.3) is 0 Å². The molecule has 2 aromatic carbocycles. The van der Waals surface area contributed by atoms with Gasteiger partial charge in [-0.05, 0) is 120 Å².